The molecule has 0 nitrogen and oxygen atoms in total. The zero-order chi connectivity index (χ0) is 8.27. The topological polar surface area (TPSA) is 0 Å². The van der Waals surface area contributed by atoms with Crippen molar-refractivity contribution in [2.24, 2.45) is 0 Å². The zero-order valence-electron chi connectivity index (χ0n) is 6.76. The van der Waals surface area contributed by atoms with Crippen LogP contribution in [0.5, 0.6) is 0 Å². The molecule has 0 saturated carbocycles. The van der Waals surface area contributed by atoms with Crippen LogP contribution in [-0.2, 0) is 0 Å². The van der Waals surface area contributed by atoms with Crippen LogP contribution in [0.25, 0.3) is 6.08 Å². The molecule has 0 bridgehead atoms. The second kappa shape index (κ2) is 3.72. The highest BCUT2D eigenvalue weighted by Crippen LogP contribution is 2.16. The van der Waals surface area contributed by atoms with E-state index in [1.807, 2.05) is 6.92 Å². The van der Waals surface area contributed by atoms with Crippen molar-refractivity contribution in [2.45, 2.75) is 13.8 Å². The third-order valence-electron chi connectivity index (χ3n) is 1.59. The predicted octanol–water partition coefficient (Wildman–Crippen LogP) is 3.79. The minimum Gasteiger partial charge on any atom is -0.0871 e. The number of aryl methyl sites for hydroxylation is 1. The summed E-state index contributed by atoms with van der Waals surface area (Å²) in [6, 6.07) is 6.29. The van der Waals surface area contributed by atoms with E-state index in [1.54, 1.807) is 0 Å². The Morgan fingerprint density at radius 1 is 1.36 bits per heavy atom. The molecule has 1 aromatic carbocycles. The monoisotopic (exact) mass is 210 g/mol. The molecule has 1 heteroatoms. The van der Waals surface area contributed by atoms with Gasteiger partial charge < -0.3 is 0 Å². The maximum atomic E-state index is 3.43. The van der Waals surface area contributed by atoms with Gasteiger partial charge in [0.05, 0.1) is 0 Å². The van der Waals surface area contributed by atoms with Gasteiger partial charge in [0.1, 0.15) is 0 Å². The van der Waals surface area contributed by atoms with E-state index < -0.39 is 0 Å². The van der Waals surface area contributed by atoms with Crippen LogP contribution < -0.4 is 0 Å². The lowest BCUT2D eigenvalue weighted by Gasteiger charge is -1.99. The summed E-state index contributed by atoms with van der Waals surface area (Å²) < 4.78 is 1.14. The summed E-state index contributed by atoms with van der Waals surface area (Å²) in [6.07, 6.45) is 4.16. The fourth-order valence-electron chi connectivity index (χ4n) is 0.970. The Labute approximate surface area is 76.1 Å². The molecule has 0 fully saturated rings. The van der Waals surface area contributed by atoms with Gasteiger partial charge >= 0.3 is 0 Å². The minimum absolute atomic E-state index is 1.14. The van der Waals surface area contributed by atoms with E-state index in [2.05, 4.69) is 53.2 Å². The van der Waals surface area contributed by atoms with Gasteiger partial charge in [0.25, 0.3) is 0 Å². The molecule has 0 unspecified atom stereocenters. The number of hydrogen-bond donors (Lipinski definition) is 0. The van der Waals surface area contributed by atoms with Gasteiger partial charge in [-0.15, -0.1) is 0 Å². The summed E-state index contributed by atoms with van der Waals surface area (Å²) in [5, 5.41) is 0. The Kier molecular flexibility index (Phi) is 2.89. The molecule has 0 heterocycles. The molecule has 0 radical (unpaired) electrons. The highest BCUT2D eigenvalue weighted by Gasteiger charge is 1.93. The van der Waals surface area contributed by atoms with E-state index in [0.717, 1.165) is 4.47 Å². The smallest absolute Gasteiger partial charge is 0.0181 e. The number of benzene rings is 1. The summed E-state index contributed by atoms with van der Waals surface area (Å²) in [6.45, 7) is 4.14. The van der Waals surface area contributed by atoms with Crippen LogP contribution in [0.1, 0.15) is 18.1 Å². The van der Waals surface area contributed by atoms with Gasteiger partial charge in [0.15, 0.2) is 0 Å². The Balaban J connectivity index is 3.12. The molecule has 0 amide bonds. The van der Waals surface area contributed by atoms with Crippen molar-refractivity contribution in [1.82, 2.24) is 0 Å². The largest absolute Gasteiger partial charge is 0.0871 e. The van der Waals surface area contributed by atoms with Crippen LogP contribution in [0.4, 0.5) is 0 Å². The first-order chi connectivity index (χ1) is 5.24. The predicted molar refractivity (Wildman–Crippen MR) is 53.6 cm³/mol. The number of halogens is 1. The quantitative estimate of drug-likeness (QED) is 0.662. The third-order valence-corrected chi connectivity index (χ3v) is 2.08. The van der Waals surface area contributed by atoms with Crippen molar-refractivity contribution in [3.63, 3.8) is 0 Å². The Bertz CT molecular complexity index is 274. The van der Waals surface area contributed by atoms with E-state index >= 15 is 0 Å². The lowest BCUT2D eigenvalue weighted by Crippen LogP contribution is -1.78. The van der Waals surface area contributed by atoms with Gasteiger partial charge in [-0.1, -0.05) is 34.1 Å². The van der Waals surface area contributed by atoms with Crippen LogP contribution in [0.3, 0.4) is 0 Å². The van der Waals surface area contributed by atoms with E-state index in [9.17, 15) is 0 Å². The molecular weight excluding hydrogens is 200 g/mol. The van der Waals surface area contributed by atoms with Gasteiger partial charge in [-0.25, -0.2) is 0 Å². The van der Waals surface area contributed by atoms with E-state index in [0.29, 0.717) is 0 Å². The van der Waals surface area contributed by atoms with Gasteiger partial charge in [-0.05, 0) is 37.1 Å². The summed E-state index contributed by atoms with van der Waals surface area (Å²) in [5.74, 6) is 0. The molecule has 58 valence electrons. The summed E-state index contributed by atoms with van der Waals surface area (Å²) in [5.41, 5.74) is 2.59. The zero-order valence-corrected chi connectivity index (χ0v) is 8.35. The number of rotatable bonds is 1. The average molecular weight is 211 g/mol. The van der Waals surface area contributed by atoms with Gasteiger partial charge in [0, 0.05) is 4.47 Å². The van der Waals surface area contributed by atoms with Crippen LogP contribution in [0, 0.1) is 6.92 Å². The van der Waals surface area contributed by atoms with Crippen molar-refractivity contribution in [1.29, 1.82) is 0 Å². The number of allylic oxidation sites excluding steroid dienone is 1. The summed E-state index contributed by atoms with van der Waals surface area (Å²) in [4.78, 5) is 0. The van der Waals surface area contributed by atoms with Crippen LogP contribution in [-0.4, -0.2) is 0 Å². The Hall–Kier alpha value is -0.560. The van der Waals surface area contributed by atoms with Crippen molar-refractivity contribution >= 4 is 22.0 Å². The van der Waals surface area contributed by atoms with E-state index in [-0.39, 0.29) is 0 Å². The third kappa shape index (κ3) is 2.19. The summed E-state index contributed by atoms with van der Waals surface area (Å²) >= 11 is 3.43. The first kappa shape index (κ1) is 8.54. The lowest BCUT2D eigenvalue weighted by atomic mass is 10.1. The molecule has 0 atom stereocenters. The molecule has 0 saturated heterocycles. The van der Waals surface area contributed by atoms with Crippen molar-refractivity contribution in [3.05, 3.63) is 39.9 Å². The lowest BCUT2D eigenvalue weighted by molar-refractivity contribution is 1.43. The molecule has 0 aliphatic carbocycles. The van der Waals surface area contributed by atoms with E-state index in [4.69, 9.17) is 0 Å². The van der Waals surface area contributed by atoms with Crippen LogP contribution in [0.15, 0.2) is 28.7 Å². The molecular formula is C10H11Br. The molecule has 1 aromatic rings. The second-order valence-corrected chi connectivity index (χ2v) is 3.42. The molecule has 11 heavy (non-hydrogen) atoms. The van der Waals surface area contributed by atoms with Crippen LogP contribution >= 0.6 is 15.9 Å². The maximum absolute atomic E-state index is 3.43. The molecule has 0 aliphatic heterocycles. The molecule has 1 rings (SSSR count). The molecule has 0 N–H and O–H groups in total. The maximum Gasteiger partial charge on any atom is 0.0181 e. The van der Waals surface area contributed by atoms with Crippen molar-refractivity contribution in [3.8, 4) is 0 Å². The Morgan fingerprint density at radius 2 is 2.09 bits per heavy atom. The summed E-state index contributed by atoms with van der Waals surface area (Å²) in [7, 11) is 0. The standard InChI is InChI=1S/C10H11Br/c1-3-4-9-7-10(11)6-5-8(9)2/h3-7H,1-2H3/b4-3-. The minimum atomic E-state index is 1.14. The van der Waals surface area contributed by atoms with Gasteiger partial charge in [-0.3, -0.25) is 0 Å². The Morgan fingerprint density at radius 3 is 2.73 bits per heavy atom. The second-order valence-electron chi connectivity index (χ2n) is 2.50. The van der Waals surface area contributed by atoms with Crippen molar-refractivity contribution < 1.29 is 0 Å². The highest BCUT2D eigenvalue weighted by atomic mass is 79.9. The normalized spacial score (nSPS) is 10.8. The highest BCUT2D eigenvalue weighted by molar-refractivity contribution is 9.10. The fourth-order valence-corrected chi connectivity index (χ4v) is 1.35. The molecule has 0 aromatic heterocycles. The SMILES string of the molecule is C/C=C\c1cc(Br)ccc1C. The first-order valence-electron chi connectivity index (χ1n) is 3.63. The molecule has 0 aliphatic rings. The van der Waals surface area contributed by atoms with E-state index in [1.165, 1.54) is 11.1 Å². The van der Waals surface area contributed by atoms with Gasteiger partial charge in [0.2, 0.25) is 0 Å². The van der Waals surface area contributed by atoms with Crippen molar-refractivity contribution in [2.75, 3.05) is 0 Å². The first-order valence-corrected chi connectivity index (χ1v) is 4.42. The number of hydrogen-bond acceptors (Lipinski definition) is 0. The van der Waals surface area contributed by atoms with Gasteiger partial charge in [-0.2, -0.15) is 0 Å². The average Bonchev–Trinajstić information content (AvgIpc) is 1.98. The van der Waals surface area contributed by atoms with Crippen LogP contribution in [0.2, 0.25) is 0 Å². The molecule has 0 spiro atoms. The fraction of sp³-hybridized carbons (Fsp3) is 0.200.